The molecule has 0 fully saturated rings. The number of aromatic nitrogens is 3. The fourth-order valence-corrected chi connectivity index (χ4v) is 2.12. The van der Waals surface area contributed by atoms with E-state index in [0.29, 0.717) is 5.69 Å². The Morgan fingerprint density at radius 1 is 1.38 bits per heavy atom. The van der Waals surface area contributed by atoms with Crippen LogP contribution in [0.5, 0.6) is 0 Å². The Bertz CT molecular complexity index is 634. The Kier molecular flexibility index (Phi) is 4.57. The first-order chi connectivity index (χ1) is 9.93. The number of fused-ring (bicyclic) bond motifs is 1. The summed E-state index contributed by atoms with van der Waals surface area (Å²) in [5.74, 6) is -0.0351. The van der Waals surface area contributed by atoms with Crippen LogP contribution in [0.4, 0.5) is 5.69 Å². The highest BCUT2D eigenvalue weighted by Crippen LogP contribution is 2.19. The first kappa shape index (κ1) is 15.4. The molecule has 2 aromatic heterocycles. The molecule has 114 valence electrons. The highest BCUT2D eigenvalue weighted by Gasteiger charge is 2.19. The molecule has 21 heavy (non-hydrogen) atoms. The fourth-order valence-electron chi connectivity index (χ4n) is 2.12. The second-order valence-electron chi connectivity index (χ2n) is 5.72. The summed E-state index contributed by atoms with van der Waals surface area (Å²) in [5, 5.41) is 8.03. The smallest absolute Gasteiger partial charge is 0.241 e. The van der Waals surface area contributed by atoms with Crippen LogP contribution in [-0.2, 0) is 4.79 Å². The zero-order valence-corrected chi connectivity index (χ0v) is 13.0. The zero-order valence-electron chi connectivity index (χ0n) is 13.0. The average Bonchev–Trinajstić information content (AvgIpc) is 2.88. The monoisotopic (exact) mass is 289 g/mol. The number of nitrogens with two attached hydrogens (primary N) is 1. The third-order valence-electron chi connectivity index (χ3n) is 3.75. The van der Waals surface area contributed by atoms with Crippen molar-refractivity contribution in [3.63, 3.8) is 0 Å². The highest BCUT2D eigenvalue weighted by molar-refractivity contribution is 5.96. The molecule has 6 nitrogen and oxygen atoms in total. The van der Waals surface area contributed by atoms with Crippen molar-refractivity contribution in [3.05, 3.63) is 18.5 Å². The fraction of sp³-hybridized carbons (Fsp3) is 0.533. The summed E-state index contributed by atoms with van der Waals surface area (Å²) in [7, 11) is 0. The van der Waals surface area contributed by atoms with Gasteiger partial charge in [-0.25, -0.2) is 9.67 Å². The Morgan fingerprint density at radius 3 is 2.71 bits per heavy atom. The lowest BCUT2D eigenvalue weighted by atomic mass is 9.99. The molecule has 0 bridgehead atoms. The van der Waals surface area contributed by atoms with E-state index in [-0.39, 0.29) is 17.9 Å². The van der Waals surface area contributed by atoms with Crippen LogP contribution in [0, 0.1) is 5.92 Å². The second-order valence-corrected chi connectivity index (χ2v) is 5.72. The molecule has 0 aromatic carbocycles. The third-order valence-corrected chi connectivity index (χ3v) is 3.75. The van der Waals surface area contributed by atoms with Gasteiger partial charge in [-0.15, -0.1) is 0 Å². The Balaban J connectivity index is 2.18. The van der Waals surface area contributed by atoms with Gasteiger partial charge in [0.25, 0.3) is 0 Å². The second kappa shape index (κ2) is 6.22. The van der Waals surface area contributed by atoms with E-state index in [9.17, 15) is 4.79 Å². The number of hydrogen-bond acceptors (Lipinski definition) is 4. The minimum Gasteiger partial charge on any atom is -0.323 e. The largest absolute Gasteiger partial charge is 0.323 e. The van der Waals surface area contributed by atoms with Crippen molar-refractivity contribution < 1.29 is 4.79 Å². The summed E-state index contributed by atoms with van der Waals surface area (Å²) >= 11 is 0. The van der Waals surface area contributed by atoms with Gasteiger partial charge in [-0.3, -0.25) is 4.79 Å². The maximum absolute atomic E-state index is 12.1. The lowest BCUT2D eigenvalue weighted by Crippen LogP contribution is -2.40. The van der Waals surface area contributed by atoms with Crippen LogP contribution >= 0.6 is 0 Å². The van der Waals surface area contributed by atoms with Gasteiger partial charge in [-0.2, -0.15) is 5.10 Å². The van der Waals surface area contributed by atoms with E-state index < -0.39 is 6.04 Å². The Labute approximate surface area is 124 Å². The first-order valence-electron chi connectivity index (χ1n) is 7.33. The van der Waals surface area contributed by atoms with Gasteiger partial charge in [0.05, 0.1) is 24.1 Å². The lowest BCUT2D eigenvalue weighted by molar-refractivity contribution is -0.118. The lowest BCUT2D eigenvalue weighted by Gasteiger charge is -2.17. The van der Waals surface area contributed by atoms with Gasteiger partial charge < -0.3 is 11.1 Å². The number of nitrogens with one attached hydrogen (secondary N) is 1. The number of hydrogen-bond donors (Lipinski definition) is 2. The Hall–Kier alpha value is -1.95. The zero-order chi connectivity index (χ0) is 15.6. The van der Waals surface area contributed by atoms with Crippen LogP contribution in [0.2, 0.25) is 0 Å². The first-order valence-corrected chi connectivity index (χ1v) is 7.33. The maximum Gasteiger partial charge on any atom is 0.241 e. The van der Waals surface area contributed by atoms with Crippen molar-refractivity contribution in [2.45, 2.75) is 46.2 Å². The van der Waals surface area contributed by atoms with E-state index in [4.69, 9.17) is 5.73 Å². The maximum atomic E-state index is 12.1. The molecule has 0 saturated carbocycles. The number of carbonyl (C=O) groups is 1. The number of pyridine rings is 1. The van der Waals surface area contributed by atoms with Crippen LogP contribution in [0.3, 0.4) is 0 Å². The molecule has 0 aliphatic heterocycles. The topological polar surface area (TPSA) is 85.8 Å². The quantitative estimate of drug-likeness (QED) is 0.884. The molecule has 0 radical (unpaired) electrons. The van der Waals surface area contributed by atoms with Crippen molar-refractivity contribution in [2.24, 2.45) is 11.7 Å². The van der Waals surface area contributed by atoms with Crippen LogP contribution in [-0.4, -0.2) is 26.7 Å². The number of rotatable bonds is 5. The van der Waals surface area contributed by atoms with Gasteiger partial charge in [0, 0.05) is 11.4 Å². The number of amides is 1. The summed E-state index contributed by atoms with van der Waals surface area (Å²) < 4.78 is 1.85. The number of nitrogens with zero attached hydrogens (tertiary/aromatic N) is 3. The van der Waals surface area contributed by atoms with Gasteiger partial charge in [0.2, 0.25) is 5.91 Å². The molecule has 0 aliphatic rings. The van der Waals surface area contributed by atoms with Crippen molar-refractivity contribution >= 4 is 22.6 Å². The van der Waals surface area contributed by atoms with Crippen LogP contribution in [0.15, 0.2) is 18.5 Å². The van der Waals surface area contributed by atoms with E-state index in [1.807, 2.05) is 24.6 Å². The van der Waals surface area contributed by atoms with Gasteiger partial charge in [0.1, 0.15) is 0 Å². The molecule has 0 aliphatic carbocycles. The predicted octanol–water partition coefficient (Wildman–Crippen LogP) is 2.32. The van der Waals surface area contributed by atoms with Crippen molar-refractivity contribution in [2.75, 3.05) is 5.32 Å². The normalized spacial score (nSPS) is 14.4. The van der Waals surface area contributed by atoms with Crippen molar-refractivity contribution in [3.8, 4) is 0 Å². The van der Waals surface area contributed by atoms with Crippen molar-refractivity contribution in [1.82, 2.24) is 14.8 Å². The molecule has 0 saturated heterocycles. The molecular weight excluding hydrogens is 266 g/mol. The molecule has 2 aromatic rings. The van der Waals surface area contributed by atoms with E-state index in [1.54, 1.807) is 12.4 Å². The van der Waals surface area contributed by atoms with E-state index >= 15 is 0 Å². The summed E-state index contributed by atoms with van der Waals surface area (Å²) in [4.78, 5) is 16.5. The minimum atomic E-state index is -0.510. The average molecular weight is 289 g/mol. The van der Waals surface area contributed by atoms with Crippen LogP contribution < -0.4 is 11.1 Å². The molecule has 0 spiro atoms. The third kappa shape index (κ3) is 3.21. The Morgan fingerprint density at radius 2 is 2.10 bits per heavy atom. The van der Waals surface area contributed by atoms with Crippen LogP contribution in [0.25, 0.3) is 11.0 Å². The van der Waals surface area contributed by atoms with E-state index in [2.05, 4.69) is 29.2 Å². The SMILES string of the molecule is CC[C@H](C)[C@H](N)C(=O)Nc1cnc2c(cnn2C(C)C)c1. The summed E-state index contributed by atoms with van der Waals surface area (Å²) in [5.41, 5.74) is 7.39. The van der Waals surface area contributed by atoms with Crippen molar-refractivity contribution in [1.29, 1.82) is 0 Å². The van der Waals surface area contributed by atoms with Gasteiger partial charge >= 0.3 is 0 Å². The summed E-state index contributed by atoms with van der Waals surface area (Å²) in [6, 6.07) is 1.61. The minimum absolute atomic E-state index is 0.144. The number of carbonyl (C=O) groups excluding carboxylic acids is 1. The van der Waals surface area contributed by atoms with Gasteiger partial charge in [0.15, 0.2) is 5.65 Å². The highest BCUT2D eigenvalue weighted by atomic mass is 16.2. The summed E-state index contributed by atoms with van der Waals surface area (Å²) in [6.07, 6.45) is 4.27. The molecule has 6 heteroatoms. The molecule has 0 unspecified atom stereocenters. The van der Waals surface area contributed by atoms with Gasteiger partial charge in [-0.05, 0) is 25.8 Å². The molecule has 2 rings (SSSR count). The van der Waals surface area contributed by atoms with Crippen LogP contribution in [0.1, 0.15) is 40.2 Å². The predicted molar refractivity (Wildman–Crippen MR) is 84.0 cm³/mol. The van der Waals surface area contributed by atoms with E-state index in [1.165, 1.54) is 0 Å². The molecule has 1 amide bonds. The van der Waals surface area contributed by atoms with Gasteiger partial charge in [-0.1, -0.05) is 20.3 Å². The van der Waals surface area contributed by atoms with E-state index in [0.717, 1.165) is 17.5 Å². The molecule has 2 atom stereocenters. The molecule has 3 N–H and O–H groups in total. The summed E-state index contributed by atoms with van der Waals surface area (Å²) in [6.45, 7) is 8.09. The number of anilines is 1. The standard InChI is InChI=1S/C15H23N5O/c1-5-10(4)13(16)15(21)19-12-6-11-7-18-20(9(2)3)14(11)17-8-12/h6-10,13H,5,16H2,1-4H3,(H,19,21)/t10-,13-/m0/s1. The molecule has 2 heterocycles. The molecular formula is C15H23N5O.